The van der Waals surface area contributed by atoms with Gasteiger partial charge in [-0.1, -0.05) is 41.4 Å². The summed E-state index contributed by atoms with van der Waals surface area (Å²) < 4.78 is 7.09. The summed E-state index contributed by atoms with van der Waals surface area (Å²) in [4.78, 5) is 9.49. The number of nitrogens with one attached hydrogen (secondary N) is 1. The van der Waals surface area contributed by atoms with Crippen molar-refractivity contribution in [2.75, 3.05) is 12.4 Å². The number of methoxy groups -OCH3 is 1. The third-order valence-electron chi connectivity index (χ3n) is 5.45. The molecule has 1 aliphatic carbocycles. The molecule has 30 heavy (non-hydrogen) atoms. The zero-order chi connectivity index (χ0) is 20.7. The topological polar surface area (TPSA) is 64.3 Å². The van der Waals surface area contributed by atoms with Crippen LogP contribution in [-0.2, 0) is 19.3 Å². The molecule has 152 valence electrons. The van der Waals surface area contributed by atoms with Gasteiger partial charge >= 0.3 is 0 Å². The third kappa shape index (κ3) is 3.48. The van der Waals surface area contributed by atoms with Crippen molar-refractivity contribution in [1.82, 2.24) is 19.6 Å². The van der Waals surface area contributed by atoms with E-state index < -0.39 is 0 Å². The number of nitrogens with zero attached hydrogens (tertiary/aromatic N) is 4. The Morgan fingerprint density at radius 1 is 1.10 bits per heavy atom. The van der Waals surface area contributed by atoms with Gasteiger partial charge in [-0.3, -0.25) is 0 Å². The largest absolute Gasteiger partial charge is 0.495 e. The Morgan fingerprint density at radius 2 is 1.93 bits per heavy atom. The van der Waals surface area contributed by atoms with Crippen LogP contribution < -0.4 is 10.1 Å². The van der Waals surface area contributed by atoms with E-state index in [-0.39, 0.29) is 0 Å². The van der Waals surface area contributed by atoms with Crippen molar-refractivity contribution in [2.24, 2.45) is 0 Å². The number of halogens is 1. The lowest BCUT2D eigenvalue weighted by atomic mass is 10.1. The molecule has 2 aromatic heterocycles. The fraction of sp³-hybridized carbons (Fsp3) is 0.261. The minimum absolute atomic E-state index is 0.558. The second-order valence-electron chi connectivity index (χ2n) is 7.62. The molecule has 0 spiro atoms. The van der Waals surface area contributed by atoms with Gasteiger partial charge in [0.05, 0.1) is 17.8 Å². The monoisotopic (exact) mass is 419 g/mol. The highest BCUT2D eigenvalue weighted by Crippen LogP contribution is 2.33. The second-order valence-corrected chi connectivity index (χ2v) is 8.02. The number of hydrogen-bond donors (Lipinski definition) is 1. The maximum Gasteiger partial charge on any atom is 0.254 e. The molecule has 0 aliphatic heterocycles. The molecule has 0 bridgehead atoms. The fourth-order valence-electron chi connectivity index (χ4n) is 3.90. The zero-order valence-corrected chi connectivity index (χ0v) is 17.7. The van der Waals surface area contributed by atoms with E-state index in [4.69, 9.17) is 31.4 Å². The summed E-state index contributed by atoms with van der Waals surface area (Å²) >= 11 is 6.32. The molecule has 0 saturated carbocycles. The number of aromatic nitrogens is 4. The SMILES string of the molecule is COc1ccc(Nc2c3c(nc4nc(Cc5ccc(C)cc5)nn24)CCC3)cc1Cl. The molecule has 0 radical (unpaired) electrons. The van der Waals surface area contributed by atoms with E-state index in [1.165, 1.54) is 16.7 Å². The number of benzene rings is 2. The average molecular weight is 420 g/mol. The van der Waals surface area contributed by atoms with Gasteiger partial charge in [-0.05, 0) is 49.9 Å². The zero-order valence-electron chi connectivity index (χ0n) is 16.9. The molecule has 0 fully saturated rings. The van der Waals surface area contributed by atoms with Gasteiger partial charge in [0.1, 0.15) is 11.6 Å². The first-order valence-corrected chi connectivity index (χ1v) is 10.4. The standard InChI is InChI=1S/C23H22ClN5O/c1-14-6-8-15(9-7-14)12-21-27-23-26-19-5-3-4-17(19)22(29(23)28-21)25-16-10-11-20(30-2)18(24)13-16/h6-11,13,25H,3-5,12H2,1-2H3. The van der Waals surface area contributed by atoms with Crippen LogP contribution in [0.25, 0.3) is 5.78 Å². The second kappa shape index (κ2) is 7.61. The predicted molar refractivity (Wildman–Crippen MR) is 118 cm³/mol. The van der Waals surface area contributed by atoms with Crippen LogP contribution in [0.2, 0.25) is 5.02 Å². The van der Waals surface area contributed by atoms with Gasteiger partial charge in [-0.25, -0.2) is 4.98 Å². The van der Waals surface area contributed by atoms with E-state index in [1.54, 1.807) is 7.11 Å². The summed E-state index contributed by atoms with van der Waals surface area (Å²) in [6, 6.07) is 14.1. The van der Waals surface area contributed by atoms with Gasteiger partial charge in [-0.2, -0.15) is 9.50 Å². The molecule has 0 atom stereocenters. The van der Waals surface area contributed by atoms with Crippen molar-refractivity contribution < 1.29 is 4.74 Å². The van der Waals surface area contributed by atoms with Crippen LogP contribution in [0.5, 0.6) is 5.75 Å². The van der Waals surface area contributed by atoms with Gasteiger partial charge in [0, 0.05) is 17.7 Å². The van der Waals surface area contributed by atoms with Gasteiger partial charge in [0.15, 0.2) is 5.82 Å². The molecule has 2 heterocycles. The van der Waals surface area contributed by atoms with Crippen molar-refractivity contribution in [1.29, 1.82) is 0 Å². The maximum absolute atomic E-state index is 6.32. The molecule has 0 unspecified atom stereocenters. The molecule has 0 saturated heterocycles. The lowest BCUT2D eigenvalue weighted by Crippen LogP contribution is -2.07. The summed E-state index contributed by atoms with van der Waals surface area (Å²) in [5, 5.41) is 8.85. The molecule has 0 amide bonds. The summed E-state index contributed by atoms with van der Waals surface area (Å²) in [7, 11) is 1.61. The van der Waals surface area contributed by atoms with Gasteiger partial charge in [0.25, 0.3) is 5.78 Å². The van der Waals surface area contributed by atoms with E-state index in [0.29, 0.717) is 23.0 Å². The minimum atomic E-state index is 0.558. The Morgan fingerprint density at radius 3 is 2.70 bits per heavy atom. The molecule has 1 aliphatic rings. The summed E-state index contributed by atoms with van der Waals surface area (Å²) in [5.41, 5.74) is 5.59. The lowest BCUT2D eigenvalue weighted by Gasteiger charge is -2.13. The van der Waals surface area contributed by atoms with Crippen LogP contribution in [0, 0.1) is 6.92 Å². The normalized spacial score (nSPS) is 12.9. The highest BCUT2D eigenvalue weighted by molar-refractivity contribution is 6.32. The number of rotatable bonds is 5. The van der Waals surface area contributed by atoms with Gasteiger partial charge < -0.3 is 10.1 Å². The van der Waals surface area contributed by atoms with Crippen molar-refractivity contribution in [3.63, 3.8) is 0 Å². The highest BCUT2D eigenvalue weighted by atomic mass is 35.5. The number of anilines is 2. The third-order valence-corrected chi connectivity index (χ3v) is 5.75. The van der Waals surface area contributed by atoms with E-state index in [1.807, 2.05) is 22.7 Å². The molecular weight excluding hydrogens is 398 g/mol. The Hall–Kier alpha value is -3.12. The van der Waals surface area contributed by atoms with Crippen LogP contribution in [-0.4, -0.2) is 26.7 Å². The number of fused-ring (bicyclic) bond motifs is 2. The minimum Gasteiger partial charge on any atom is -0.495 e. The lowest BCUT2D eigenvalue weighted by molar-refractivity contribution is 0.415. The smallest absolute Gasteiger partial charge is 0.254 e. The first-order chi connectivity index (χ1) is 14.6. The Balaban J connectivity index is 1.55. The summed E-state index contributed by atoms with van der Waals surface area (Å²) in [6.07, 6.45) is 3.69. The van der Waals surface area contributed by atoms with Crippen LogP contribution >= 0.6 is 11.6 Å². The van der Waals surface area contributed by atoms with Crippen molar-refractivity contribution in [3.05, 3.63) is 75.7 Å². The van der Waals surface area contributed by atoms with E-state index in [2.05, 4.69) is 36.5 Å². The molecule has 5 rings (SSSR count). The molecule has 1 N–H and O–H groups in total. The average Bonchev–Trinajstić information content (AvgIpc) is 3.36. The van der Waals surface area contributed by atoms with E-state index >= 15 is 0 Å². The first-order valence-electron chi connectivity index (χ1n) is 10.0. The quantitative estimate of drug-likeness (QED) is 0.497. The molecule has 4 aromatic rings. The van der Waals surface area contributed by atoms with Crippen LogP contribution in [0.15, 0.2) is 42.5 Å². The molecule has 6 nitrogen and oxygen atoms in total. The van der Waals surface area contributed by atoms with Crippen molar-refractivity contribution in [2.45, 2.75) is 32.6 Å². The van der Waals surface area contributed by atoms with Gasteiger partial charge in [0.2, 0.25) is 0 Å². The van der Waals surface area contributed by atoms with Crippen LogP contribution in [0.4, 0.5) is 11.5 Å². The first kappa shape index (κ1) is 18.9. The van der Waals surface area contributed by atoms with Crippen molar-refractivity contribution >= 4 is 28.9 Å². The fourth-order valence-corrected chi connectivity index (χ4v) is 4.15. The Kier molecular flexibility index (Phi) is 4.79. The molecule has 7 heteroatoms. The molecular formula is C23H22ClN5O. The van der Waals surface area contributed by atoms with Crippen LogP contribution in [0.1, 0.15) is 34.6 Å². The van der Waals surface area contributed by atoms with E-state index in [0.717, 1.165) is 42.3 Å². The van der Waals surface area contributed by atoms with Crippen LogP contribution in [0.3, 0.4) is 0 Å². The maximum atomic E-state index is 6.32. The predicted octanol–water partition coefficient (Wildman–Crippen LogP) is 4.92. The number of aryl methyl sites for hydroxylation is 2. The van der Waals surface area contributed by atoms with Gasteiger partial charge in [-0.15, -0.1) is 5.10 Å². The number of ether oxygens (including phenoxy) is 1. The Labute approximate surface area is 179 Å². The number of hydrogen-bond acceptors (Lipinski definition) is 5. The van der Waals surface area contributed by atoms with E-state index in [9.17, 15) is 0 Å². The molecule has 2 aromatic carbocycles. The highest BCUT2D eigenvalue weighted by Gasteiger charge is 2.22. The summed E-state index contributed by atoms with van der Waals surface area (Å²) in [6.45, 7) is 2.09. The summed E-state index contributed by atoms with van der Waals surface area (Å²) in [5.74, 6) is 2.94. The Bertz CT molecular complexity index is 1230. The van der Waals surface area contributed by atoms with Crippen molar-refractivity contribution in [3.8, 4) is 5.75 Å².